The Kier molecular flexibility index (Phi) is 25.3. The number of nitrogens with two attached hydrogens (primary N) is 2. The lowest BCUT2D eigenvalue weighted by molar-refractivity contribution is -0.144. The zero-order chi connectivity index (χ0) is 52.7. The Morgan fingerprint density at radius 2 is 1.39 bits per heavy atom. The number of aliphatic hydroxyl groups is 1. The lowest BCUT2D eigenvalue weighted by Crippen LogP contribution is -2.58. The van der Waals surface area contributed by atoms with Crippen LogP contribution in [0.25, 0.3) is 0 Å². The quantitative estimate of drug-likeness (QED) is 0.0404. The van der Waals surface area contributed by atoms with Crippen molar-refractivity contribution in [3.63, 3.8) is 0 Å². The van der Waals surface area contributed by atoms with Crippen LogP contribution in [0.4, 0.5) is 0 Å². The van der Waals surface area contributed by atoms with Gasteiger partial charge in [-0.3, -0.25) is 38.6 Å². The topological polar surface area (TPSA) is 372 Å². The van der Waals surface area contributed by atoms with Crippen molar-refractivity contribution >= 4 is 59.2 Å². The van der Waals surface area contributed by atoms with E-state index >= 15 is 0 Å². The molecule has 0 aromatic heterocycles. The van der Waals surface area contributed by atoms with Gasteiger partial charge >= 0.3 is 11.9 Å². The maximum Gasteiger partial charge on any atom is 0.326 e. The second-order valence-electron chi connectivity index (χ2n) is 17.8. The molecule has 1 aliphatic rings. The highest BCUT2D eigenvalue weighted by molar-refractivity contribution is 5.96. The van der Waals surface area contributed by atoms with Crippen molar-refractivity contribution in [2.45, 2.75) is 135 Å². The molecule has 1 aromatic rings. The van der Waals surface area contributed by atoms with Gasteiger partial charge in [0.05, 0.1) is 31.1 Å². The molecule has 1 aliphatic heterocycles. The number of hydrogen-bond acceptors (Lipinski definition) is 12. The van der Waals surface area contributed by atoms with Crippen molar-refractivity contribution in [2.24, 2.45) is 34.2 Å². The number of ether oxygens (including phenoxy) is 1. The number of carboxylic acids is 2. The van der Waals surface area contributed by atoms with Crippen molar-refractivity contribution in [1.82, 2.24) is 37.2 Å². The minimum absolute atomic E-state index is 0.0108. The number of nitrogens with one attached hydrogen (secondary N) is 7. The third-order valence-corrected chi connectivity index (χ3v) is 11.3. The summed E-state index contributed by atoms with van der Waals surface area (Å²) in [5, 5.41) is 47.2. The number of nitrogens with zero attached hydrogens (tertiary/aromatic N) is 1. The number of carboxylic acid groups (broad SMARTS) is 2. The fourth-order valence-corrected chi connectivity index (χ4v) is 7.29. The van der Waals surface area contributed by atoms with Gasteiger partial charge in [-0.1, -0.05) is 81.8 Å². The van der Waals surface area contributed by atoms with E-state index in [1.54, 1.807) is 34.0 Å². The summed E-state index contributed by atoms with van der Waals surface area (Å²) in [4.78, 5) is 124. The summed E-state index contributed by atoms with van der Waals surface area (Å²) in [5.74, 6) is -11.4. The second kappa shape index (κ2) is 29.9. The van der Waals surface area contributed by atoms with Gasteiger partial charge in [-0.25, -0.2) is 9.59 Å². The van der Waals surface area contributed by atoms with Gasteiger partial charge < -0.3 is 68.7 Å². The molecule has 10 atom stereocenters. The molecule has 0 aliphatic carbocycles. The van der Waals surface area contributed by atoms with Crippen LogP contribution in [0.15, 0.2) is 59.1 Å². The minimum atomic E-state index is -1.87. The fraction of sp³-hybridized carbons (Fsp3) is 0.574. The molecule has 23 heteroatoms. The molecular formula is C47H72N10O13. The van der Waals surface area contributed by atoms with E-state index in [0.29, 0.717) is 12.0 Å². The number of methoxy groups -OCH3 is 1. The molecule has 2 rings (SSSR count). The molecule has 0 bridgehead atoms. The number of aliphatic hydroxyl groups excluding tert-OH is 1. The van der Waals surface area contributed by atoms with Gasteiger partial charge in [-0.2, -0.15) is 0 Å². The first-order chi connectivity index (χ1) is 32.9. The summed E-state index contributed by atoms with van der Waals surface area (Å²) < 4.78 is 5.80. The third kappa shape index (κ3) is 21.2. The van der Waals surface area contributed by atoms with Gasteiger partial charge in [0.2, 0.25) is 41.4 Å². The zero-order valence-electron chi connectivity index (χ0n) is 40.9. The first kappa shape index (κ1) is 59.2. The van der Waals surface area contributed by atoms with E-state index in [4.69, 9.17) is 16.2 Å². The Morgan fingerprint density at radius 3 is 1.97 bits per heavy atom. The average Bonchev–Trinajstić information content (AvgIpc) is 3.29. The van der Waals surface area contributed by atoms with Crippen LogP contribution in [0.5, 0.6) is 0 Å². The normalized spacial score (nSPS) is 25.3. The van der Waals surface area contributed by atoms with Crippen molar-refractivity contribution in [2.75, 3.05) is 20.3 Å². The average molecular weight is 985 g/mol. The highest BCUT2D eigenvalue weighted by Crippen LogP contribution is 2.18. The SMILES string of the molecule is CO[C@@H](Cc1ccccc1)[C@@H](C)/C=C(C)/C=C/[C@@H]1NC(=O)[C@H](CCCN=C(N)N)NC(=O)C[C@H](C(=O)O)NC(=O)[C@H](CC(C)C)NC(=O)[C@@H](C)NC(=O)[C@H](CO)NC(=O)CC[C@H](C(=O)O)NC(=O)[C@H]1C. The van der Waals surface area contributed by atoms with E-state index in [1.807, 2.05) is 43.3 Å². The van der Waals surface area contributed by atoms with Crippen LogP contribution in [0.1, 0.15) is 85.6 Å². The number of guanidine groups is 1. The van der Waals surface area contributed by atoms with Gasteiger partial charge in [0.1, 0.15) is 36.3 Å². The number of carbonyl (C=O) groups is 9. The Balaban J connectivity index is 2.67. The predicted octanol–water partition coefficient (Wildman–Crippen LogP) is -1.12. The number of amides is 7. The number of benzene rings is 1. The fourth-order valence-electron chi connectivity index (χ4n) is 7.29. The molecular weight excluding hydrogens is 913 g/mol. The summed E-state index contributed by atoms with van der Waals surface area (Å²) in [6.07, 6.45) is 3.57. The predicted molar refractivity (Wildman–Crippen MR) is 257 cm³/mol. The smallest absolute Gasteiger partial charge is 0.326 e. The van der Waals surface area contributed by atoms with Crippen LogP contribution >= 0.6 is 0 Å². The molecule has 14 N–H and O–H groups in total. The Hall–Kier alpha value is -6.88. The Morgan fingerprint density at radius 1 is 0.786 bits per heavy atom. The number of carbonyl (C=O) groups excluding carboxylic acids is 7. The molecule has 7 amide bonds. The summed E-state index contributed by atoms with van der Waals surface area (Å²) >= 11 is 0. The number of rotatable bonds is 16. The monoisotopic (exact) mass is 985 g/mol. The Bertz CT molecular complexity index is 2060. The summed E-state index contributed by atoms with van der Waals surface area (Å²) in [6, 6.07) is -0.719. The first-order valence-electron chi connectivity index (χ1n) is 23.1. The lowest BCUT2D eigenvalue weighted by Gasteiger charge is -2.27. The van der Waals surface area contributed by atoms with Crippen LogP contribution in [0, 0.1) is 17.8 Å². The van der Waals surface area contributed by atoms with Crippen molar-refractivity contribution in [3.05, 3.63) is 59.7 Å². The van der Waals surface area contributed by atoms with Crippen LogP contribution in [-0.2, 0) is 54.3 Å². The summed E-state index contributed by atoms with van der Waals surface area (Å²) in [5.41, 5.74) is 12.7. The highest BCUT2D eigenvalue weighted by atomic mass is 16.5. The van der Waals surface area contributed by atoms with E-state index in [-0.39, 0.29) is 49.7 Å². The highest BCUT2D eigenvalue weighted by Gasteiger charge is 2.34. The van der Waals surface area contributed by atoms with Gasteiger partial charge in [0.15, 0.2) is 5.96 Å². The standard InChI is InChI=1S/C47H72N10O13/c1-25(2)20-34-43(64)57-35(46(68)69)23-39(60)52-32(14-11-19-50-47(48)49)42(63)54-31(16-15-26(3)21-27(4)37(70-7)22-30-12-9-8-10-13-30)28(5)40(61)55-33(45(66)67)17-18-38(59)53-36(24-58)44(65)51-29(6)41(62)56-34/h8-10,12-13,15-16,21,25,27-29,31-37,58H,11,14,17-20,22-24H2,1-7H3,(H,51,65)(H,52,60)(H,53,59)(H,54,63)(H,55,61)(H,56,62)(H,57,64)(H,66,67)(H,68,69)(H4,48,49,50)/b16-15+,26-21+/t27-,28-,29+,31-,32-,33+,34-,35+,36-,37-/m0/s1. The maximum atomic E-state index is 14.2. The molecule has 1 saturated heterocycles. The van der Waals surface area contributed by atoms with Crippen LogP contribution < -0.4 is 48.7 Å². The van der Waals surface area contributed by atoms with E-state index in [2.05, 4.69) is 42.2 Å². The number of aliphatic imine (C=N–C) groups is 1. The van der Waals surface area contributed by atoms with Crippen LogP contribution in [0.2, 0.25) is 0 Å². The number of aliphatic carboxylic acids is 2. The summed E-state index contributed by atoms with van der Waals surface area (Å²) in [7, 11) is 1.60. The van der Waals surface area contributed by atoms with Crippen molar-refractivity contribution in [1.29, 1.82) is 0 Å². The van der Waals surface area contributed by atoms with E-state index < -0.39 is 127 Å². The summed E-state index contributed by atoms with van der Waals surface area (Å²) in [6.45, 7) is 8.95. The Labute approximate surface area is 407 Å². The lowest BCUT2D eigenvalue weighted by atomic mass is 9.94. The number of allylic oxidation sites excluding steroid dienone is 2. The molecule has 70 heavy (non-hydrogen) atoms. The van der Waals surface area contributed by atoms with Gasteiger partial charge in [-0.05, 0) is 57.4 Å². The van der Waals surface area contributed by atoms with E-state index in [9.17, 15) is 58.5 Å². The molecule has 1 fully saturated rings. The van der Waals surface area contributed by atoms with E-state index in [0.717, 1.165) is 5.56 Å². The molecule has 0 unspecified atom stereocenters. The zero-order valence-corrected chi connectivity index (χ0v) is 40.9. The molecule has 0 spiro atoms. The van der Waals surface area contributed by atoms with Gasteiger partial charge in [0.25, 0.3) is 0 Å². The number of hydrogen-bond donors (Lipinski definition) is 12. The molecule has 1 aromatic carbocycles. The molecule has 0 radical (unpaired) electrons. The second-order valence-corrected chi connectivity index (χ2v) is 17.8. The molecule has 23 nitrogen and oxygen atoms in total. The third-order valence-electron chi connectivity index (χ3n) is 11.3. The van der Waals surface area contributed by atoms with Crippen molar-refractivity contribution < 1.29 is 63.2 Å². The van der Waals surface area contributed by atoms with Gasteiger partial charge in [-0.15, -0.1) is 0 Å². The van der Waals surface area contributed by atoms with Gasteiger partial charge in [0, 0.05) is 26.0 Å². The largest absolute Gasteiger partial charge is 0.480 e. The van der Waals surface area contributed by atoms with Crippen LogP contribution in [-0.4, -0.2) is 143 Å². The first-order valence-corrected chi connectivity index (χ1v) is 23.1. The maximum absolute atomic E-state index is 14.2. The van der Waals surface area contributed by atoms with E-state index in [1.165, 1.54) is 19.9 Å². The van der Waals surface area contributed by atoms with Crippen LogP contribution in [0.3, 0.4) is 0 Å². The minimum Gasteiger partial charge on any atom is -0.480 e. The molecule has 1 heterocycles. The molecule has 388 valence electrons. The molecule has 0 saturated carbocycles. The van der Waals surface area contributed by atoms with Crippen molar-refractivity contribution in [3.8, 4) is 0 Å².